The van der Waals surface area contributed by atoms with E-state index in [2.05, 4.69) is 33.4 Å². The number of rotatable bonds is 5. The van der Waals surface area contributed by atoms with Gasteiger partial charge >= 0.3 is 0 Å². The summed E-state index contributed by atoms with van der Waals surface area (Å²) in [6, 6.07) is 24.1. The summed E-state index contributed by atoms with van der Waals surface area (Å²) in [5.41, 5.74) is 3.38. The first-order valence-electron chi connectivity index (χ1n) is 11.1. The van der Waals surface area contributed by atoms with Gasteiger partial charge in [0.05, 0.1) is 16.6 Å². The van der Waals surface area contributed by atoms with Gasteiger partial charge in [-0.25, -0.2) is 8.42 Å². The highest BCUT2D eigenvalue weighted by atomic mass is 32.2. The third-order valence-corrected chi connectivity index (χ3v) is 7.24. The van der Waals surface area contributed by atoms with Gasteiger partial charge in [0.25, 0.3) is 10.0 Å². The molecular formula is C27H29N3O2S. The van der Waals surface area contributed by atoms with Crippen molar-refractivity contribution in [3.8, 4) is 11.8 Å². The lowest BCUT2D eigenvalue weighted by atomic mass is 10.0. The van der Waals surface area contributed by atoms with Crippen molar-refractivity contribution in [3.05, 3.63) is 95.6 Å². The number of aryl methyl sites for hydroxylation is 1. The molecule has 1 N–H and O–H groups in total. The Morgan fingerprint density at radius 3 is 2.18 bits per heavy atom. The molecule has 1 fully saturated rings. The third kappa shape index (κ3) is 5.82. The first-order chi connectivity index (χ1) is 15.9. The number of hydrogen-bond donors (Lipinski definition) is 1. The summed E-state index contributed by atoms with van der Waals surface area (Å²) in [5, 5.41) is 0. The Bertz CT molecular complexity index is 1240. The smallest absolute Gasteiger partial charge is 0.261 e. The highest BCUT2D eigenvalue weighted by Crippen LogP contribution is 2.30. The van der Waals surface area contributed by atoms with Crippen LogP contribution in [0.15, 0.2) is 83.8 Å². The molecule has 0 aliphatic carbocycles. The molecule has 1 heterocycles. The molecule has 1 atom stereocenters. The summed E-state index contributed by atoms with van der Waals surface area (Å²) in [6.45, 7) is 5.56. The second-order valence-corrected chi connectivity index (χ2v) is 10.1. The van der Waals surface area contributed by atoms with Gasteiger partial charge in [-0.1, -0.05) is 65.9 Å². The molecule has 6 heteroatoms. The van der Waals surface area contributed by atoms with Crippen molar-refractivity contribution in [1.29, 1.82) is 0 Å². The molecule has 1 aliphatic rings. The van der Waals surface area contributed by atoms with Crippen LogP contribution in [0.2, 0.25) is 0 Å². The third-order valence-electron chi connectivity index (χ3n) is 5.86. The van der Waals surface area contributed by atoms with Gasteiger partial charge in [-0.05, 0) is 44.3 Å². The van der Waals surface area contributed by atoms with Gasteiger partial charge in [0.15, 0.2) is 0 Å². The van der Waals surface area contributed by atoms with Gasteiger partial charge in [-0.2, -0.15) is 0 Å². The van der Waals surface area contributed by atoms with Crippen molar-refractivity contribution in [3.63, 3.8) is 0 Å². The van der Waals surface area contributed by atoms with Crippen LogP contribution in [0.1, 0.15) is 22.7 Å². The number of benzene rings is 3. The maximum absolute atomic E-state index is 13.1. The maximum Gasteiger partial charge on any atom is 0.261 e. The average Bonchev–Trinajstić information content (AvgIpc) is 2.82. The van der Waals surface area contributed by atoms with E-state index in [-0.39, 0.29) is 10.9 Å². The molecule has 0 amide bonds. The Kier molecular flexibility index (Phi) is 7.14. The molecular weight excluding hydrogens is 430 g/mol. The van der Waals surface area contributed by atoms with Crippen LogP contribution >= 0.6 is 0 Å². The fraction of sp³-hybridized carbons (Fsp3) is 0.259. The van der Waals surface area contributed by atoms with Crippen molar-refractivity contribution in [1.82, 2.24) is 9.80 Å². The molecule has 0 spiro atoms. The van der Waals surface area contributed by atoms with Crippen LogP contribution in [0.25, 0.3) is 0 Å². The molecule has 4 rings (SSSR count). The van der Waals surface area contributed by atoms with E-state index in [4.69, 9.17) is 0 Å². The second kappa shape index (κ2) is 10.2. The fourth-order valence-corrected chi connectivity index (χ4v) is 4.96. The van der Waals surface area contributed by atoms with Gasteiger partial charge in [0.2, 0.25) is 0 Å². The predicted molar refractivity (Wildman–Crippen MR) is 134 cm³/mol. The van der Waals surface area contributed by atoms with Gasteiger partial charge in [0.1, 0.15) is 0 Å². The summed E-state index contributed by atoms with van der Waals surface area (Å²) >= 11 is 0. The lowest BCUT2D eigenvalue weighted by molar-refractivity contribution is 0.134. The van der Waals surface area contributed by atoms with E-state index in [1.807, 2.05) is 61.5 Å². The Hall–Kier alpha value is -3.11. The van der Waals surface area contributed by atoms with Crippen molar-refractivity contribution >= 4 is 15.7 Å². The number of likely N-dealkylation sites (N-methyl/N-ethyl adjacent to an activating group) is 1. The van der Waals surface area contributed by atoms with Crippen LogP contribution in [0.5, 0.6) is 0 Å². The minimum absolute atomic E-state index is 0.226. The van der Waals surface area contributed by atoms with Crippen molar-refractivity contribution in [2.24, 2.45) is 0 Å². The topological polar surface area (TPSA) is 52.7 Å². The summed E-state index contributed by atoms with van der Waals surface area (Å²) in [6.07, 6.45) is 0. The number of anilines is 1. The van der Waals surface area contributed by atoms with Gasteiger partial charge < -0.3 is 4.90 Å². The summed E-state index contributed by atoms with van der Waals surface area (Å²) in [4.78, 5) is 4.87. The zero-order valence-corrected chi connectivity index (χ0v) is 19.8. The molecule has 5 nitrogen and oxygen atoms in total. The SMILES string of the molecule is Cc1ccc(S(=O)(=O)Nc2ccccc2[C@@H](C#Cc2ccccc2)N2CCN(C)CC2)cc1. The van der Waals surface area contributed by atoms with Crippen LogP contribution in [0.4, 0.5) is 5.69 Å². The monoisotopic (exact) mass is 459 g/mol. The van der Waals surface area contributed by atoms with Gasteiger partial charge in [0, 0.05) is 37.3 Å². The minimum atomic E-state index is -3.72. The second-order valence-electron chi connectivity index (χ2n) is 8.38. The molecule has 0 unspecified atom stereocenters. The summed E-state index contributed by atoms with van der Waals surface area (Å²) < 4.78 is 29.1. The predicted octanol–water partition coefficient (Wildman–Crippen LogP) is 4.14. The standard InChI is InChI=1S/C27H29N3O2S/c1-22-12-15-24(16-13-22)33(31,32)28-26-11-7-6-10-25(26)27(30-20-18-29(2)19-21-30)17-14-23-8-4-3-5-9-23/h3-13,15-16,27-28H,18-21H2,1-2H3/t27-/m1/s1. The number of hydrogen-bond acceptors (Lipinski definition) is 4. The number of sulfonamides is 1. The van der Waals surface area contributed by atoms with Crippen LogP contribution < -0.4 is 4.72 Å². The van der Waals surface area contributed by atoms with E-state index in [1.54, 1.807) is 24.3 Å². The number of piperazine rings is 1. The molecule has 1 saturated heterocycles. The summed E-state index contributed by atoms with van der Waals surface area (Å²) in [7, 11) is -1.60. The zero-order chi connectivity index (χ0) is 23.3. The average molecular weight is 460 g/mol. The lowest BCUT2D eigenvalue weighted by Gasteiger charge is -2.36. The lowest BCUT2D eigenvalue weighted by Crippen LogP contribution is -2.45. The van der Waals surface area contributed by atoms with E-state index in [0.29, 0.717) is 5.69 Å². The molecule has 0 aromatic heterocycles. The molecule has 170 valence electrons. The molecule has 3 aromatic rings. The van der Waals surface area contributed by atoms with Crippen LogP contribution in [0, 0.1) is 18.8 Å². The van der Waals surface area contributed by atoms with Crippen LogP contribution in [-0.2, 0) is 10.0 Å². The summed E-state index contributed by atoms with van der Waals surface area (Å²) in [5.74, 6) is 6.73. The first-order valence-corrected chi connectivity index (χ1v) is 12.6. The highest BCUT2D eigenvalue weighted by Gasteiger charge is 2.26. The van der Waals surface area contributed by atoms with Crippen molar-refractivity contribution in [2.75, 3.05) is 37.9 Å². The molecule has 33 heavy (non-hydrogen) atoms. The Morgan fingerprint density at radius 1 is 0.848 bits per heavy atom. The molecule has 0 saturated carbocycles. The van der Waals surface area contributed by atoms with Crippen molar-refractivity contribution < 1.29 is 8.42 Å². The van der Waals surface area contributed by atoms with E-state index < -0.39 is 10.0 Å². The zero-order valence-electron chi connectivity index (χ0n) is 19.0. The molecule has 3 aromatic carbocycles. The minimum Gasteiger partial charge on any atom is -0.304 e. The first kappa shape index (κ1) is 23.1. The highest BCUT2D eigenvalue weighted by molar-refractivity contribution is 7.92. The van der Waals surface area contributed by atoms with Crippen molar-refractivity contribution in [2.45, 2.75) is 17.9 Å². The van der Waals surface area contributed by atoms with E-state index in [9.17, 15) is 8.42 Å². The number of nitrogens with one attached hydrogen (secondary N) is 1. The van der Waals surface area contributed by atoms with E-state index in [1.165, 1.54) is 0 Å². The number of nitrogens with zero attached hydrogens (tertiary/aromatic N) is 2. The quantitative estimate of drug-likeness (QED) is 0.583. The Morgan fingerprint density at radius 2 is 1.48 bits per heavy atom. The van der Waals surface area contributed by atoms with Gasteiger partial charge in [-0.15, -0.1) is 0 Å². The van der Waals surface area contributed by atoms with E-state index in [0.717, 1.165) is 42.9 Å². The largest absolute Gasteiger partial charge is 0.304 e. The molecule has 0 radical (unpaired) electrons. The van der Waals surface area contributed by atoms with Crippen LogP contribution in [-0.4, -0.2) is 51.4 Å². The molecule has 1 aliphatic heterocycles. The maximum atomic E-state index is 13.1. The Labute approximate surface area is 197 Å². The van der Waals surface area contributed by atoms with Gasteiger partial charge in [-0.3, -0.25) is 9.62 Å². The fourth-order valence-electron chi connectivity index (χ4n) is 3.87. The normalized spacial score (nSPS) is 15.9. The van der Waals surface area contributed by atoms with Crippen LogP contribution in [0.3, 0.4) is 0 Å². The number of para-hydroxylation sites is 1. The van der Waals surface area contributed by atoms with E-state index >= 15 is 0 Å². The molecule has 0 bridgehead atoms. The Balaban J connectivity index is 1.70.